The maximum atomic E-state index is 12.4. The van der Waals surface area contributed by atoms with E-state index in [0.29, 0.717) is 17.4 Å². The molecule has 1 aromatic rings. The van der Waals surface area contributed by atoms with Gasteiger partial charge in [-0.05, 0) is 56.6 Å². The molecule has 1 aromatic carbocycles. The van der Waals surface area contributed by atoms with E-state index >= 15 is 0 Å². The Morgan fingerprint density at radius 3 is 2.57 bits per heavy atom. The topological polar surface area (TPSA) is 75.4 Å². The van der Waals surface area contributed by atoms with Crippen LogP contribution in [0.5, 0.6) is 0 Å². The van der Waals surface area contributed by atoms with E-state index in [1.54, 1.807) is 12.1 Å². The number of benzene rings is 1. The van der Waals surface area contributed by atoms with Crippen LogP contribution in [-0.2, 0) is 16.4 Å². The van der Waals surface area contributed by atoms with Gasteiger partial charge in [-0.3, -0.25) is 0 Å². The molecule has 0 amide bonds. The Bertz CT molecular complexity index is 557. The molecule has 1 fully saturated rings. The fourth-order valence-electron chi connectivity index (χ4n) is 2.80. The molecule has 2 atom stereocenters. The molecule has 0 aromatic heterocycles. The first-order valence-electron chi connectivity index (χ1n) is 7.42. The predicted octanol–water partition coefficient (Wildman–Crippen LogP) is 0.806. The molecular formula is C15H25N3O2S. The highest BCUT2D eigenvalue weighted by atomic mass is 32.2. The molecule has 5 nitrogen and oxygen atoms in total. The molecule has 0 aliphatic carbocycles. The lowest BCUT2D eigenvalue weighted by molar-refractivity contribution is 0.188. The molecule has 0 spiro atoms. The molecule has 1 heterocycles. The smallest absolute Gasteiger partial charge is 0.240 e. The zero-order valence-corrected chi connectivity index (χ0v) is 13.6. The first-order chi connectivity index (χ1) is 9.92. The molecule has 118 valence electrons. The van der Waals surface area contributed by atoms with Crippen molar-refractivity contribution in [1.82, 2.24) is 9.62 Å². The standard InChI is InChI=1S/C15H25N3O2S/c1-12-11-18(2)10-8-15(12)17-21(19,20)14-5-3-13(4-6-14)7-9-16/h3-6,12,15,17H,7-11,16H2,1-2H3. The molecule has 0 radical (unpaired) electrons. The maximum absolute atomic E-state index is 12.4. The van der Waals surface area contributed by atoms with E-state index in [1.807, 2.05) is 12.1 Å². The number of nitrogens with two attached hydrogens (primary N) is 1. The van der Waals surface area contributed by atoms with Gasteiger partial charge in [0, 0.05) is 12.6 Å². The van der Waals surface area contributed by atoms with Crippen LogP contribution in [0, 0.1) is 5.92 Å². The van der Waals surface area contributed by atoms with Crippen LogP contribution < -0.4 is 10.5 Å². The van der Waals surface area contributed by atoms with E-state index in [9.17, 15) is 8.42 Å². The Labute approximate surface area is 127 Å². The number of nitrogens with one attached hydrogen (secondary N) is 1. The van der Waals surface area contributed by atoms with E-state index in [2.05, 4.69) is 23.6 Å². The zero-order valence-electron chi connectivity index (χ0n) is 12.7. The van der Waals surface area contributed by atoms with Gasteiger partial charge in [-0.2, -0.15) is 0 Å². The third-order valence-corrected chi connectivity index (χ3v) is 5.59. The summed E-state index contributed by atoms with van der Waals surface area (Å²) in [6.45, 7) is 4.50. The summed E-state index contributed by atoms with van der Waals surface area (Å²) in [6.07, 6.45) is 1.61. The second kappa shape index (κ2) is 6.87. The minimum atomic E-state index is -3.44. The van der Waals surface area contributed by atoms with Gasteiger partial charge in [0.25, 0.3) is 0 Å². The summed E-state index contributed by atoms with van der Waals surface area (Å²) in [5.41, 5.74) is 6.56. The average molecular weight is 311 g/mol. The Hall–Kier alpha value is -0.950. The average Bonchev–Trinajstić information content (AvgIpc) is 2.43. The van der Waals surface area contributed by atoms with Crippen molar-refractivity contribution in [2.45, 2.75) is 30.7 Å². The van der Waals surface area contributed by atoms with Crippen LogP contribution in [0.2, 0.25) is 0 Å². The molecule has 1 aliphatic rings. The van der Waals surface area contributed by atoms with E-state index < -0.39 is 10.0 Å². The van der Waals surface area contributed by atoms with Crippen LogP contribution in [0.15, 0.2) is 29.2 Å². The fraction of sp³-hybridized carbons (Fsp3) is 0.600. The first kappa shape index (κ1) is 16.4. The number of likely N-dealkylation sites (tertiary alicyclic amines) is 1. The Balaban J connectivity index is 2.07. The Kier molecular flexibility index (Phi) is 5.37. The summed E-state index contributed by atoms with van der Waals surface area (Å²) in [4.78, 5) is 2.56. The third-order valence-electron chi connectivity index (χ3n) is 4.08. The van der Waals surface area contributed by atoms with Crippen molar-refractivity contribution in [2.24, 2.45) is 11.7 Å². The minimum Gasteiger partial charge on any atom is -0.330 e. The Morgan fingerprint density at radius 1 is 1.33 bits per heavy atom. The van der Waals surface area contributed by atoms with E-state index in [0.717, 1.165) is 31.5 Å². The fourth-order valence-corrected chi connectivity index (χ4v) is 4.18. The van der Waals surface area contributed by atoms with Gasteiger partial charge < -0.3 is 10.6 Å². The van der Waals surface area contributed by atoms with Crippen molar-refractivity contribution in [1.29, 1.82) is 0 Å². The monoisotopic (exact) mass is 311 g/mol. The largest absolute Gasteiger partial charge is 0.330 e. The predicted molar refractivity (Wildman–Crippen MR) is 84.6 cm³/mol. The Morgan fingerprint density at radius 2 is 2.00 bits per heavy atom. The number of sulfonamides is 1. The summed E-state index contributed by atoms with van der Waals surface area (Å²) in [5, 5.41) is 0. The second-order valence-electron chi connectivity index (χ2n) is 5.94. The van der Waals surface area contributed by atoms with Crippen LogP contribution in [0.4, 0.5) is 0 Å². The summed E-state index contributed by atoms with van der Waals surface area (Å²) in [5.74, 6) is 0.315. The lowest BCUT2D eigenvalue weighted by atomic mass is 9.95. The summed E-state index contributed by atoms with van der Waals surface area (Å²) in [7, 11) is -1.37. The van der Waals surface area contributed by atoms with E-state index in [-0.39, 0.29) is 6.04 Å². The first-order valence-corrected chi connectivity index (χ1v) is 8.90. The van der Waals surface area contributed by atoms with Crippen molar-refractivity contribution in [3.8, 4) is 0 Å². The summed E-state index contributed by atoms with van der Waals surface area (Å²) >= 11 is 0. The highest BCUT2D eigenvalue weighted by molar-refractivity contribution is 7.89. The highest BCUT2D eigenvalue weighted by Crippen LogP contribution is 2.19. The van der Waals surface area contributed by atoms with Crippen molar-refractivity contribution in [3.05, 3.63) is 29.8 Å². The number of nitrogens with zero attached hydrogens (tertiary/aromatic N) is 1. The maximum Gasteiger partial charge on any atom is 0.240 e. The zero-order chi connectivity index (χ0) is 15.5. The van der Waals surface area contributed by atoms with Gasteiger partial charge in [0.15, 0.2) is 0 Å². The van der Waals surface area contributed by atoms with Crippen LogP contribution in [0.3, 0.4) is 0 Å². The van der Waals surface area contributed by atoms with Crippen molar-refractivity contribution in [2.75, 3.05) is 26.7 Å². The van der Waals surface area contributed by atoms with Gasteiger partial charge in [-0.15, -0.1) is 0 Å². The normalized spacial score (nSPS) is 24.1. The van der Waals surface area contributed by atoms with Crippen molar-refractivity contribution in [3.63, 3.8) is 0 Å². The third kappa shape index (κ3) is 4.26. The molecule has 1 saturated heterocycles. The lowest BCUT2D eigenvalue weighted by Crippen LogP contribution is -2.48. The van der Waals surface area contributed by atoms with Crippen LogP contribution >= 0.6 is 0 Å². The van der Waals surface area contributed by atoms with E-state index in [4.69, 9.17) is 5.73 Å². The van der Waals surface area contributed by atoms with E-state index in [1.165, 1.54) is 0 Å². The molecule has 1 aliphatic heterocycles. The molecule has 2 rings (SSSR count). The molecule has 6 heteroatoms. The molecule has 21 heavy (non-hydrogen) atoms. The second-order valence-corrected chi connectivity index (χ2v) is 7.65. The molecule has 3 N–H and O–H groups in total. The molecule has 0 bridgehead atoms. The van der Waals surface area contributed by atoms with Gasteiger partial charge in [-0.1, -0.05) is 19.1 Å². The van der Waals surface area contributed by atoms with Gasteiger partial charge in [0.1, 0.15) is 0 Å². The summed E-state index contributed by atoms with van der Waals surface area (Å²) < 4.78 is 27.7. The van der Waals surface area contributed by atoms with Gasteiger partial charge in [0.05, 0.1) is 4.90 Å². The van der Waals surface area contributed by atoms with Crippen molar-refractivity contribution < 1.29 is 8.42 Å². The van der Waals surface area contributed by atoms with Gasteiger partial charge in [-0.25, -0.2) is 13.1 Å². The van der Waals surface area contributed by atoms with Gasteiger partial charge >= 0.3 is 0 Å². The number of rotatable bonds is 5. The molecule has 0 saturated carbocycles. The van der Waals surface area contributed by atoms with Crippen LogP contribution in [-0.4, -0.2) is 46.0 Å². The molecule has 2 unspecified atom stereocenters. The minimum absolute atomic E-state index is 0.00918. The quantitative estimate of drug-likeness (QED) is 0.844. The summed E-state index contributed by atoms with van der Waals surface area (Å²) in [6, 6.07) is 6.99. The van der Waals surface area contributed by atoms with Gasteiger partial charge in [0.2, 0.25) is 10.0 Å². The van der Waals surface area contributed by atoms with Crippen LogP contribution in [0.25, 0.3) is 0 Å². The lowest BCUT2D eigenvalue weighted by Gasteiger charge is -2.34. The number of hydrogen-bond acceptors (Lipinski definition) is 4. The molecular weight excluding hydrogens is 286 g/mol. The SMILES string of the molecule is CC1CN(C)CCC1NS(=O)(=O)c1ccc(CCN)cc1. The highest BCUT2D eigenvalue weighted by Gasteiger charge is 2.28. The number of hydrogen-bond donors (Lipinski definition) is 2. The van der Waals surface area contributed by atoms with Crippen LogP contribution in [0.1, 0.15) is 18.9 Å². The van der Waals surface area contributed by atoms with Crippen molar-refractivity contribution >= 4 is 10.0 Å². The number of piperidine rings is 1.